The molecule has 1 unspecified atom stereocenters. The highest BCUT2D eigenvalue weighted by Gasteiger charge is 2.15. The van der Waals surface area contributed by atoms with Crippen LogP contribution in [0.5, 0.6) is 0 Å². The van der Waals surface area contributed by atoms with Crippen molar-refractivity contribution in [3.8, 4) is 0 Å². The highest BCUT2D eigenvalue weighted by molar-refractivity contribution is 6.35. The van der Waals surface area contributed by atoms with Gasteiger partial charge in [-0.25, -0.2) is 9.78 Å². The van der Waals surface area contributed by atoms with Crippen LogP contribution in [0, 0.1) is 0 Å². The fourth-order valence-corrected chi connectivity index (χ4v) is 2.43. The molecule has 2 N–H and O–H groups in total. The van der Waals surface area contributed by atoms with Crippen LogP contribution in [0.3, 0.4) is 0 Å². The number of carbonyl (C=O) groups is 1. The Morgan fingerprint density at radius 3 is 2.75 bits per heavy atom. The van der Waals surface area contributed by atoms with Crippen LogP contribution >= 0.6 is 23.2 Å². The number of pyridine rings is 1. The first-order valence-electron chi connectivity index (χ1n) is 5.89. The molecule has 20 heavy (non-hydrogen) atoms. The van der Waals surface area contributed by atoms with Gasteiger partial charge in [-0.2, -0.15) is 0 Å². The summed E-state index contributed by atoms with van der Waals surface area (Å²) >= 11 is 12.0. The number of carboxylic acids is 1. The van der Waals surface area contributed by atoms with E-state index in [4.69, 9.17) is 28.3 Å². The number of halogens is 2. The van der Waals surface area contributed by atoms with Crippen molar-refractivity contribution >= 4 is 34.9 Å². The van der Waals surface area contributed by atoms with E-state index in [1.165, 1.54) is 6.20 Å². The van der Waals surface area contributed by atoms with Gasteiger partial charge in [-0.3, -0.25) is 0 Å². The van der Waals surface area contributed by atoms with Gasteiger partial charge >= 0.3 is 5.97 Å². The van der Waals surface area contributed by atoms with Crippen LogP contribution in [-0.4, -0.2) is 16.1 Å². The molecule has 0 bridgehead atoms. The molecule has 0 saturated heterocycles. The predicted molar refractivity (Wildman–Crippen MR) is 79.7 cm³/mol. The molecule has 0 radical (unpaired) electrons. The van der Waals surface area contributed by atoms with Crippen LogP contribution in [0.1, 0.15) is 29.0 Å². The zero-order chi connectivity index (χ0) is 14.7. The summed E-state index contributed by atoms with van der Waals surface area (Å²) in [4.78, 5) is 15.0. The van der Waals surface area contributed by atoms with Crippen molar-refractivity contribution in [1.29, 1.82) is 0 Å². The summed E-state index contributed by atoms with van der Waals surface area (Å²) in [6.07, 6.45) is 1.44. The molecule has 4 nitrogen and oxygen atoms in total. The second-order valence-electron chi connectivity index (χ2n) is 4.24. The molecule has 2 aromatic rings. The average molecular weight is 311 g/mol. The number of aromatic nitrogens is 1. The van der Waals surface area contributed by atoms with E-state index < -0.39 is 5.97 Å². The largest absolute Gasteiger partial charge is 0.476 e. The molecule has 104 valence electrons. The molecule has 0 amide bonds. The molecule has 1 atom stereocenters. The molecular formula is C14H12Cl2N2O2. The summed E-state index contributed by atoms with van der Waals surface area (Å²) in [7, 11) is 0. The van der Waals surface area contributed by atoms with Crippen LogP contribution in [0.15, 0.2) is 36.5 Å². The van der Waals surface area contributed by atoms with E-state index in [2.05, 4.69) is 10.3 Å². The SMILES string of the molecule is CC(Nc1cccnc1C(=O)O)c1ccc(Cl)cc1Cl. The van der Waals surface area contributed by atoms with Gasteiger partial charge in [-0.1, -0.05) is 29.3 Å². The highest BCUT2D eigenvalue weighted by atomic mass is 35.5. The van der Waals surface area contributed by atoms with Crippen molar-refractivity contribution < 1.29 is 9.90 Å². The number of nitrogens with zero attached hydrogens (tertiary/aromatic N) is 1. The van der Waals surface area contributed by atoms with Gasteiger partial charge in [0, 0.05) is 16.2 Å². The van der Waals surface area contributed by atoms with Gasteiger partial charge in [-0.15, -0.1) is 0 Å². The Balaban J connectivity index is 2.28. The maximum Gasteiger partial charge on any atom is 0.356 e. The number of aromatic carboxylic acids is 1. The minimum Gasteiger partial charge on any atom is -0.476 e. The van der Waals surface area contributed by atoms with Crippen LogP contribution in [-0.2, 0) is 0 Å². The van der Waals surface area contributed by atoms with Gasteiger partial charge in [0.05, 0.1) is 11.7 Å². The molecule has 2 rings (SSSR count). The van der Waals surface area contributed by atoms with E-state index in [1.807, 2.05) is 6.92 Å². The molecule has 1 aromatic carbocycles. The zero-order valence-electron chi connectivity index (χ0n) is 10.6. The van der Waals surface area contributed by atoms with E-state index in [1.54, 1.807) is 30.3 Å². The maximum absolute atomic E-state index is 11.1. The van der Waals surface area contributed by atoms with Crippen molar-refractivity contribution in [3.63, 3.8) is 0 Å². The molecule has 0 saturated carbocycles. The lowest BCUT2D eigenvalue weighted by Gasteiger charge is -2.18. The van der Waals surface area contributed by atoms with Gasteiger partial charge in [0.1, 0.15) is 0 Å². The van der Waals surface area contributed by atoms with E-state index in [0.717, 1.165) is 5.56 Å². The van der Waals surface area contributed by atoms with Crippen molar-refractivity contribution in [2.45, 2.75) is 13.0 Å². The lowest BCUT2D eigenvalue weighted by Crippen LogP contribution is -2.12. The summed E-state index contributed by atoms with van der Waals surface area (Å²) in [6, 6.07) is 8.35. The summed E-state index contributed by atoms with van der Waals surface area (Å²) in [5, 5.41) is 13.3. The molecule has 1 heterocycles. The van der Waals surface area contributed by atoms with Crippen molar-refractivity contribution in [1.82, 2.24) is 4.98 Å². The molecular weight excluding hydrogens is 299 g/mol. The summed E-state index contributed by atoms with van der Waals surface area (Å²) in [5.74, 6) is -1.08. The van der Waals surface area contributed by atoms with Crippen molar-refractivity contribution in [3.05, 3.63) is 57.8 Å². The lowest BCUT2D eigenvalue weighted by molar-refractivity contribution is 0.0691. The fourth-order valence-electron chi connectivity index (χ4n) is 1.86. The van der Waals surface area contributed by atoms with E-state index in [9.17, 15) is 4.79 Å². The normalized spacial score (nSPS) is 11.9. The smallest absolute Gasteiger partial charge is 0.356 e. The third kappa shape index (κ3) is 3.21. The summed E-state index contributed by atoms with van der Waals surface area (Å²) < 4.78 is 0. The Morgan fingerprint density at radius 2 is 2.10 bits per heavy atom. The Hall–Kier alpha value is -1.78. The topological polar surface area (TPSA) is 62.2 Å². The van der Waals surface area contributed by atoms with Gasteiger partial charge in [0.2, 0.25) is 0 Å². The van der Waals surface area contributed by atoms with Crippen molar-refractivity contribution in [2.75, 3.05) is 5.32 Å². The first kappa shape index (κ1) is 14.6. The number of benzene rings is 1. The maximum atomic E-state index is 11.1. The molecule has 0 aliphatic rings. The van der Waals surface area contributed by atoms with E-state index >= 15 is 0 Å². The Bertz CT molecular complexity index is 647. The fraction of sp³-hybridized carbons (Fsp3) is 0.143. The quantitative estimate of drug-likeness (QED) is 0.885. The van der Waals surface area contributed by atoms with Gasteiger partial charge < -0.3 is 10.4 Å². The van der Waals surface area contributed by atoms with E-state index in [-0.39, 0.29) is 11.7 Å². The molecule has 6 heteroatoms. The Labute approximate surface area is 126 Å². The van der Waals surface area contributed by atoms with Crippen LogP contribution < -0.4 is 5.32 Å². The minimum absolute atomic E-state index is 0.0237. The van der Waals surface area contributed by atoms with Gasteiger partial charge in [0.25, 0.3) is 0 Å². The number of carboxylic acid groups (broad SMARTS) is 1. The number of anilines is 1. The second-order valence-corrected chi connectivity index (χ2v) is 5.08. The van der Waals surface area contributed by atoms with Gasteiger partial charge in [-0.05, 0) is 36.8 Å². The van der Waals surface area contributed by atoms with E-state index in [0.29, 0.717) is 15.7 Å². The highest BCUT2D eigenvalue weighted by Crippen LogP contribution is 2.29. The number of hydrogen-bond acceptors (Lipinski definition) is 3. The molecule has 1 aromatic heterocycles. The van der Waals surface area contributed by atoms with Crippen LogP contribution in [0.25, 0.3) is 0 Å². The average Bonchev–Trinajstić information content (AvgIpc) is 2.38. The minimum atomic E-state index is -1.08. The number of nitrogens with one attached hydrogen (secondary N) is 1. The Kier molecular flexibility index (Phi) is 4.47. The Morgan fingerprint density at radius 1 is 1.35 bits per heavy atom. The molecule has 0 aliphatic heterocycles. The number of rotatable bonds is 4. The zero-order valence-corrected chi connectivity index (χ0v) is 12.1. The third-order valence-electron chi connectivity index (χ3n) is 2.81. The lowest BCUT2D eigenvalue weighted by atomic mass is 10.1. The number of hydrogen-bond donors (Lipinski definition) is 2. The standard InChI is InChI=1S/C14H12Cl2N2O2/c1-8(10-5-4-9(15)7-11(10)16)18-12-3-2-6-17-13(12)14(19)20/h2-8,18H,1H3,(H,19,20). The summed E-state index contributed by atoms with van der Waals surface area (Å²) in [5.41, 5.74) is 1.25. The summed E-state index contributed by atoms with van der Waals surface area (Å²) in [6.45, 7) is 1.88. The second kappa shape index (κ2) is 6.11. The van der Waals surface area contributed by atoms with Crippen LogP contribution in [0.2, 0.25) is 10.0 Å². The monoisotopic (exact) mass is 310 g/mol. The van der Waals surface area contributed by atoms with Crippen LogP contribution in [0.4, 0.5) is 5.69 Å². The molecule has 0 spiro atoms. The first-order valence-corrected chi connectivity index (χ1v) is 6.64. The molecule has 0 fully saturated rings. The first-order chi connectivity index (χ1) is 9.49. The predicted octanol–water partition coefficient (Wildman–Crippen LogP) is 4.26. The third-order valence-corrected chi connectivity index (χ3v) is 3.37. The molecule has 0 aliphatic carbocycles. The van der Waals surface area contributed by atoms with Gasteiger partial charge in [0.15, 0.2) is 5.69 Å². The van der Waals surface area contributed by atoms with Crippen molar-refractivity contribution in [2.24, 2.45) is 0 Å².